The molecule has 1 aromatic carbocycles. The minimum Gasteiger partial charge on any atom is -0.439 e. The van der Waals surface area contributed by atoms with E-state index in [-0.39, 0.29) is 6.03 Å². The smallest absolute Gasteiger partial charge is 0.331 e. The molecule has 1 saturated carbocycles. The fourth-order valence-electron chi connectivity index (χ4n) is 4.03. The summed E-state index contributed by atoms with van der Waals surface area (Å²) in [7, 11) is 0. The predicted octanol–water partition coefficient (Wildman–Crippen LogP) is 4.16. The Hall–Kier alpha value is -3.72. The lowest BCUT2D eigenvalue weighted by atomic mass is 9.84. The molecule has 0 unspecified atom stereocenters. The normalized spacial score (nSPS) is 15.6. The number of hydrogen-bond donors (Lipinski definition) is 2. The molecule has 0 atom stereocenters. The number of carbonyl (C=O) groups is 1. The minimum atomic E-state index is -0.295. The number of rotatable bonds is 4. The molecule has 2 aliphatic rings. The van der Waals surface area contributed by atoms with Crippen molar-refractivity contribution in [2.24, 2.45) is 0 Å². The summed E-state index contributed by atoms with van der Waals surface area (Å²) >= 11 is 0. The third kappa shape index (κ3) is 3.23. The molecule has 0 saturated heterocycles. The van der Waals surface area contributed by atoms with Crippen LogP contribution < -0.4 is 15.4 Å². The van der Waals surface area contributed by atoms with E-state index in [2.05, 4.69) is 25.8 Å². The Morgan fingerprint density at radius 3 is 3.00 bits per heavy atom. The van der Waals surface area contributed by atoms with Crippen LogP contribution in [0, 0.1) is 0 Å². The van der Waals surface area contributed by atoms with Crippen molar-refractivity contribution in [2.75, 3.05) is 5.32 Å². The van der Waals surface area contributed by atoms with Gasteiger partial charge in [0.05, 0.1) is 16.8 Å². The van der Waals surface area contributed by atoms with Gasteiger partial charge >= 0.3 is 6.03 Å². The number of nitrogens with one attached hydrogen (secondary N) is 2. The Morgan fingerprint density at radius 1 is 1.19 bits per heavy atom. The van der Waals surface area contributed by atoms with Gasteiger partial charge in [0.2, 0.25) is 5.88 Å². The Bertz CT molecular complexity index is 1290. The number of carbonyl (C=O) groups excluding carboxylic acids is 1. The lowest BCUT2D eigenvalue weighted by Crippen LogP contribution is -2.18. The summed E-state index contributed by atoms with van der Waals surface area (Å²) in [5.74, 6) is 2.91. The van der Waals surface area contributed by atoms with Crippen molar-refractivity contribution in [1.82, 2.24) is 25.0 Å². The second kappa shape index (κ2) is 7.21. The lowest BCUT2D eigenvalue weighted by Gasteiger charge is -2.21. The number of aromatic nitrogens is 4. The zero-order chi connectivity index (χ0) is 20.8. The highest BCUT2D eigenvalue weighted by Gasteiger charge is 2.24. The molecule has 31 heavy (non-hydrogen) atoms. The van der Waals surface area contributed by atoms with E-state index in [9.17, 15) is 4.79 Å². The minimum absolute atomic E-state index is 0.295. The number of hydrogen-bond acceptors (Lipinski definition) is 7. The Balaban J connectivity index is 1.21. The summed E-state index contributed by atoms with van der Waals surface area (Å²) in [4.78, 5) is 21.3. The van der Waals surface area contributed by atoms with E-state index >= 15 is 0 Å². The van der Waals surface area contributed by atoms with E-state index in [0.717, 1.165) is 47.3 Å². The van der Waals surface area contributed by atoms with Crippen molar-refractivity contribution in [2.45, 2.75) is 38.3 Å². The molecule has 9 nitrogen and oxygen atoms in total. The first-order valence-corrected chi connectivity index (χ1v) is 10.3. The highest BCUT2D eigenvalue weighted by atomic mass is 16.5. The van der Waals surface area contributed by atoms with Gasteiger partial charge in [-0.3, -0.25) is 9.88 Å². The molecule has 6 rings (SSSR count). The molecule has 2 N–H and O–H groups in total. The summed E-state index contributed by atoms with van der Waals surface area (Å²) in [6, 6.07) is 8.96. The predicted molar refractivity (Wildman–Crippen MR) is 112 cm³/mol. The van der Waals surface area contributed by atoms with E-state index in [1.165, 1.54) is 12.7 Å². The van der Waals surface area contributed by atoms with Crippen LogP contribution in [0.25, 0.3) is 10.9 Å². The molecule has 9 heteroatoms. The van der Waals surface area contributed by atoms with Gasteiger partial charge in [-0.25, -0.2) is 14.8 Å². The van der Waals surface area contributed by atoms with Gasteiger partial charge in [-0.1, -0.05) is 11.6 Å². The average Bonchev–Trinajstić information content (AvgIpc) is 3.46. The van der Waals surface area contributed by atoms with Crippen molar-refractivity contribution in [3.05, 3.63) is 59.9 Å². The van der Waals surface area contributed by atoms with E-state index < -0.39 is 0 Å². The number of anilines is 1. The molecule has 1 fully saturated rings. The van der Waals surface area contributed by atoms with Gasteiger partial charge in [0.15, 0.2) is 5.82 Å². The van der Waals surface area contributed by atoms with E-state index in [0.29, 0.717) is 29.9 Å². The summed E-state index contributed by atoms with van der Waals surface area (Å²) in [5, 5.41) is 10.9. The fourth-order valence-corrected chi connectivity index (χ4v) is 4.03. The van der Waals surface area contributed by atoms with Crippen LogP contribution in [0.3, 0.4) is 0 Å². The van der Waals surface area contributed by atoms with Gasteiger partial charge in [0.25, 0.3) is 0 Å². The first-order chi connectivity index (χ1) is 15.2. The van der Waals surface area contributed by atoms with E-state index in [1.807, 2.05) is 30.3 Å². The van der Waals surface area contributed by atoms with E-state index in [1.54, 1.807) is 10.8 Å². The molecule has 0 bridgehead atoms. The molecule has 3 aromatic heterocycles. The van der Waals surface area contributed by atoms with Crippen LogP contribution >= 0.6 is 0 Å². The van der Waals surface area contributed by atoms with Crippen molar-refractivity contribution in [1.29, 1.82) is 0 Å². The SMILES string of the molecule is O=C(Nc1cc(C2CCC2)on1)n1ccc2cc(Oc3ncnc4c3CNC4)ccc21. The molecule has 1 aliphatic heterocycles. The molecule has 0 radical (unpaired) electrons. The van der Waals surface area contributed by atoms with Gasteiger partial charge in [-0.15, -0.1) is 0 Å². The van der Waals surface area contributed by atoms with Gasteiger partial charge in [-0.05, 0) is 37.1 Å². The summed E-state index contributed by atoms with van der Waals surface area (Å²) in [6.07, 6.45) is 6.68. The van der Waals surface area contributed by atoms with Crippen molar-refractivity contribution >= 4 is 22.8 Å². The van der Waals surface area contributed by atoms with Crippen molar-refractivity contribution in [3.8, 4) is 11.6 Å². The van der Waals surface area contributed by atoms with Crippen LogP contribution in [0.15, 0.2) is 47.4 Å². The second-order valence-electron chi connectivity index (χ2n) is 7.89. The number of fused-ring (bicyclic) bond motifs is 2. The van der Waals surface area contributed by atoms with Crippen molar-refractivity contribution < 1.29 is 14.1 Å². The molecule has 1 amide bonds. The zero-order valence-corrected chi connectivity index (χ0v) is 16.7. The average molecular weight is 416 g/mol. The summed E-state index contributed by atoms with van der Waals surface area (Å²) in [5.41, 5.74) is 2.71. The van der Waals surface area contributed by atoms with Gasteiger partial charge in [0.1, 0.15) is 17.8 Å². The first kappa shape index (κ1) is 18.1. The molecule has 1 aliphatic carbocycles. The highest BCUT2D eigenvalue weighted by Crippen LogP contribution is 2.37. The number of benzene rings is 1. The largest absolute Gasteiger partial charge is 0.439 e. The molecule has 4 heterocycles. The topological polar surface area (TPSA) is 107 Å². The van der Waals surface area contributed by atoms with Gasteiger partial charge in [-0.2, -0.15) is 0 Å². The number of nitrogens with zero attached hydrogens (tertiary/aromatic N) is 4. The third-order valence-electron chi connectivity index (χ3n) is 5.96. The standard InChI is InChI=1S/C22H20N6O3/c29-22(26-20-9-19(31-27-20)13-2-1-3-13)28-7-6-14-8-15(4-5-18(14)28)30-21-16-10-23-11-17(16)24-12-25-21/h4-9,12-13,23H,1-3,10-11H2,(H,26,27,29). The fraction of sp³-hybridized carbons (Fsp3) is 0.273. The molecule has 156 valence electrons. The number of ether oxygens (including phenoxy) is 1. The molecular formula is C22H20N6O3. The molecule has 0 spiro atoms. The summed E-state index contributed by atoms with van der Waals surface area (Å²) in [6.45, 7) is 1.41. The monoisotopic (exact) mass is 416 g/mol. The van der Waals surface area contributed by atoms with Crippen LogP contribution in [0.1, 0.15) is 42.2 Å². The lowest BCUT2D eigenvalue weighted by molar-refractivity contribution is 0.254. The van der Waals surface area contributed by atoms with Crippen LogP contribution in [-0.2, 0) is 13.1 Å². The van der Waals surface area contributed by atoms with Crippen LogP contribution in [0.2, 0.25) is 0 Å². The third-order valence-corrected chi connectivity index (χ3v) is 5.96. The summed E-state index contributed by atoms with van der Waals surface area (Å²) < 4.78 is 12.9. The molecule has 4 aromatic rings. The van der Waals surface area contributed by atoms with Gasteiger partial charge < -0.3 is 14.6 Å². The molecular weight excluding hydrogens is 396 g/mol. The van der Waals surface area contributed by atoms with E-state index in [4.69, 9.17) is 9.26 Å². The van der Waals surface area contributed by atoms with Crippen LogP contribution in [0.4, 0.5) is 10.6 Å². The Kier molecular flexibility index (Phi) is 4.20. The number of amides is 1. The van der Waals surface area contributed by atoms with Crippen LogP contribution in [-0.4, -0.2) is 25.7 Å². The van der Waals surface area contributed by atoms with Crippen LogP contribution in [0.5, 0.6) is 11.6 Å². The maximum atomic E-state index is 12.8. The quantitative estimate of drug-likeness (QED) is 0.514. The Morgan fingerprint density at radius 2 is 2.13 bits per heavy atom. The Labute approximate surface area is 177 Å². The first-order valence-electron chi connectivity index (χ1n) is 10.3. The van der Waals surface area contributed by atoms with Gasteiger partial charge in [0, 0.05) is 36.7 Å². The zero-order valence-electron chi connectivity index (χ0n) is 16.7. The van der Waals surface area contributed by atoms with Crippen molar-refractivity contribution in [3.63, 3.8) is 0 Å². The second-order valence-corrected chi connectivity index (χ2v) is 7.89. The maximum absolute atomic E-state index is 12.8. The highest BCUT2D eigenvalue weighted by molar-refractivity contribution is 5.98. The maximum Gasteiger partial charge on any atom is 0.331 e.